The lowest BCUT2D eigenvalue weighted by Gasteiger charge is -2.31. The number of halogens is 3. The number of carbonyl (C=O) groups is 2. The van der Waals surface area contributed by atoms with Gasteiger partial charge >= 0.3 is 0 Å². The molecule has 190 valence electrons. The Morgan fingerprint density at radius 3 is 2.31 bits per heavy atom. The Kier molecular flexibility index (Phi) is 11.5. The molecule has 0 spiro atoms. The van der Waals surface area contributed by atoms with Crippen LogP contribution in [-0.2, 0) is 22.6 Å². The van der Waals surface area contributed by atoms with Gasteiger partial charge in [0.1, 0.15) is 6.04 Å². The summed E-state index contributed by atoms with van der Waals surface area (Å²) in [5.41, 5.74) is 1.78. The summed E-state index contributed by atoms with van der Waals surface area (Å²) in [6, 6.07) is 21.7. The van der Waals surface area contributed by atoms with E-state index in [4.69, 9.17) is 34.8 Å². The molecule has 3 rings (SSSR count). The van der Waals surface area contributed by atoms with E-state index in [0.717, 1.165) is 28.9 Å². The van der Waals surface area contributed by atoms with Gasteiger partial charge in [-0.3, -0.25) is 9.59 Å². The Morgan fingerprint density at radius 1 is 0.917 bits per heavy atom. The zero-order chi connectivity index (χ0) is 25.9. The van der Waals surface area contributed by atoms with Crippen molar-refractivity contribution >= 4 is 58.4 Å². The second-order valence-electron chi connectivity index (χ2n) is 8.36. The third-order valence-corrected chi connectivity index (χ3v) is 7.60. The minimum absolute atomic E-state index is 0.146. The number of thioether (sulfide) groups is 1. The molecule has 4 nitrogen and oxygen atoms in total. The first-order valence-electron chi connectivity index (χ1n) is 11.8. The molecule has 0 radical (unpaired) electrons. The van der Waals surface area contributed by atoms with Gasteiger partial charge in [0.25, 0.3) is 0 Å². The Bertz CT molecular complexity index is 1140. The first kappa shape index (κ1) is 28.4. The summed E-state index contributed by atoms with van der Waals surface area (Å²) in [5, 5.41) is 4.51. The first-order valence-corrected chi connectivity index (χ1v) is 13.9. The number of unbranched alkanes of at least 4 members (excludes halogenated alkanes) is 1. The topological polar surface area (TPSA) is 49.4 Å². The van der Waals surface area contributed by atoms with E-state index >= 15 is 0 Å². The van der Waals surface area contributed by atoms with Crippen molar-refractivity contribution in [3.05, 3.63) is 99.0 Å². The van der Waals surface area contributed by atoms with Crippen molar-refractivity contribution < 1.29 is 9.59 Å². The quantitative estimate of drug-likeness (QED) is 0.186. The molecule has 0 saturated heterocycles. The van der Waals surface area contributed by atoms with Crippen molar-refractivity contribution in [1.29, 1.82) is 0 Å². The highest BCUT2D eigenvalue weighted by atomic mass is 35.5. The molecule has 1 N–H and O–H groups in total. The van der Waals surface area contributed by atoms with Crippen molar-refractivity contribution in [1.82, 2.24) is 10.2 Å². The van der Waals surface area contributed by atoms with Gasteiger partial charge in [-0.2, -0.15) is 0 Å². The van der Waals surface area contributed by atoms with Crippen LogP contribution in [0.2, 0.25) is 15.1 Å². The van der Waals surface area contributed by atoms with Gasteiger partial charge in [0.05, 0.1) is 15.8 Å². The molecular formula is C28H29Cl3N2O2S. The Hall–Kier alpha value is -2.18. The van der Waals surface area contributed by atoms with Crippen LogP contribution >= 0.6 is 46.6 Å². The third-order valence-electron chi connectivity index (χ3n) is 5.61. The Balaban J connectivity index is 1.89. The van der Waals surface area contributed by atoms with E-state index < -0.39 is 6.04 Å². The highest BCUT2D eigenvalue weighted by Gasteiger charge is 2.30. The van der Waals surface area contributed by atoms with Crippen molar-refractivity contribution in [2.24, 2.45) is 0 Å². The molecule has 36 heavy (non-hydrogen) atoms. The molecule has 3 aromatic rings. The average molecular weight is 564 g/mol. The minimum atomic E-state index is -0.683. The molecule has 0 aliphatic heterocycles. The van der Waals surface area contributed by atoms with E-state index in [1.165, 1.54) is 11.8 Å². The van der Waals surface area contributed by atoms with Crippen molar-refractivity contribution in [2.45, 2.75) is 43.7 Å². The van der Waals surface area contributed by atoms with Gasteiger partial charge < -0.3 is 10.2 Å². The number of amides is 2. The zero-order valence-electron chi connectivity index (χ0n) is 20.1. The summed E-state index contributed by atoms with van der Waals surface area (Å²) in [6.45, 7) is 2.87. The van der Waals surface area contributed by atoms with Gasteiger partial charge in [-0.1, -0.05) is 84.5 Å². The monoisotopic (exact) mass is 562 g/mol. The van der Waals surface area contributed by atoms with Crippen molar-refractivity contribution in [3.8, 4) is 0 Å². The third kappa shape index (κ3) is 8.74. The number of nitrogens with zero attached hydrogens (tertiary/aromatic N) is 1. The highest BCUT2D eigenvalue weighted by Crippen LogP contribution is 2.26. The number of hydrogen-bond donors (Lipinski definition) is 1. The van der Waals surface area contributed by atoms with Gasteiger partial charge in [-0.05, 0) is 53.9 Å². The van der Waals surface area contributed by atoms with Crippen LogP contribution in [-0.4, -0.2) is 35.1 Å². The van der Waals surface area contributed by atoms with Gasteiger partial charge in [0, 0.05) is 29.4 Å². The fourth-order valence-corrected chi connectivity index (χ4v) is 4.88. The predicted molar refractivity (Wildman–Crippen MR) is 151 cm³/mol. The molecule has 1 atom stereocenters. The number of benzene rings is 3. The minimum Gasteiger partial charge on any atom is -0.354 e. The summed E-state index contributed by atoms with van der Waals surface area (Å²) >= 11 is 19.8. The molecule has 0 bridgehead atoms. The van der Waals surface area contributed by atoms with Gasteiger partial charge in [0.2, 0.25) is 11.8 Å². The Labute approximate surface area is 232 Å². The van der Waals surface area contributed by atoms with Gasteiger partial charge in [0.15, 0.2) is 0 Å². The fraction of sp³-hybridized carbons (Fsp3) is 0.286. The average Bonchev–Trinajstić information content (AvgIpc) is 2.88. The van der Waals surface area contributed by atoms with Crippen LogP contribution in [0.15, 0.2) is 77.7 Å². The predicted octanol–water partition coefficient (Wildman–Crippen LogP) is 7.30. The van der Waals surface area contributed by atoms with E-state index in [2.05, 4.69) is 12.2 Å². The van der Waals surface area contributed by atoms with Crippen LogP contribution in [0.4, 0.5) is 0 Å². The molecule has 0 unspecified atom stereocenters. The van der Waals surface area contributed by atoms with Crippen LogP contribution in [0.3, 0.4) is 0 Å². The summed E-state index contributed by atoms with van der Waals surface area (Å²) < 4.78 is 0. The van der Waals surface area contributed by atoms with Crippen LogP contribution in [0, 0.1) is 0 Å². The van der Waals surface area contributed by atoms with E-state index in [-0.39, 0.29) is 24.1 Å². The number of nitrogens with one attached hydrogen (secondary N) is 1. The molecule has 0 aliphatic carbocycles. The number of rotatable bonds is 12. The standard InChI is InChI=1S/C28H29Cl3N2O2S/c1-2-3-15-32-28(35)26(17-20-7-5-4-6-8-20)33(18-21-9-14-24(30)25(31)16-21)27(34)19-36-23-12-10-22(29)11-13-23/h4-14,16,26H,2-3,15,17-19H2,1H3,(H,32,35)/t26-/m1/s1. The first-order chi connectivity index (χ1) is 17.4. The lowest BCUT2D eigenvalue weighted by atomic mass is 10.0. The molecule has 0 fully saturated rings. The highest BCUT2D eigenvalue weighted by molar-refractivity contribution is 8.00. The molecule has 0 saturated carbocycles. The Morgan fingerprint density at radius 2 is 1.64 bits per heavy atom. The fourth-order valence-electron chi connectivity index (χ4n) is 3.65. The van der Waals surface area contributed by atoms with E-state index in [1.807, 2.05) is 48.5 Å². The molecule has 0 aromatic heterocycles. The molecular weight excluding hydrogens is 535 g/mol. The molecule has 0 heterocycles. The normalized spacial score (nSPS) is 11.7. The molecule has 8 heteroatoms. The van der Waals surface area contributed by atoms with Crippen LogP contribution in [0.1, 0.15) is 30.9 Å². The zero-order valence-corrected chi connectivity index (χ0v) is 23.1. The summed E-state index contributed by atoms with van der Waals surface area (Å²) in [6.07, 6.45) is 2.24. The smallest absolute Gasteiger partial charge is 0.243 e. The number of carbonyl (C=O) groups excluding carboxylic acids is 2. The molecule has 0 aliphatic rings. The van der Waals surface area contributed by atoms with E-state index in [1.54, 1.807) is 29.2 Å². The largest absolute Gasteiger partial charge is 0.354 e. The van der Waals surface area contributed by atoms with Crippen molar-refractivity contribution in [3.63, 3.8) is 0 Å². The van der Waals surface area contributed by atoms with Gasteiger partial charge in [-0.15, -0.1) is 11.8 Å². The maximum absolute atomic E-state index is 13.6. The van der Waals surface area contributed by atoms with Crippen LogP contribution < -0.4 is 5.32 Å². The SMILES string of the molecule is CCCCNC(=O)[C@@H](Cc1ccccc1)N(Cc1ccc(Cl)c(Cl)c1)C(=O)CSc1ccc(Cl)cc1. The lowest BCUT2D eigenvalue weighted by Crippen LogP contribution is -2.51. The summed E-state index contributed by atoms with van der Waals surface area (Å²) in [4.78, 5) is 29.6. The maximum atomic E-state index is 13.6. The molecule has 2 amide bonds. The van der Waals surface area contributed by atoms with E-state index in [9.17, 15) is 9.59 Å². The second-order valence-corrected chi connectivity index (χ2v) is 10.7. The van der Waals surface area contributed by atoms with Crippen LogP contribution in [0.5, 0.6) is 0 Å². The summed E-state index contributed by atoms with van der Waals surface area (Å²) in [5.74, 6) is -0.138. The second kappa shape index (κ2) is 14.5. The maximum Gasteiger partial charge on any atom is 0.243 e. The van der Waals surface area contributed by atoms with E-state index in [0.29, 0.717) is 28.0 Å². The van der Waals surface area contributed by atoms with Crippen molar-refractivity contribution in [2.75, 3.05) is 12.3 Å². The van der Waals surface area contributed by atoms with Crippen LogP contribution in [0.25, 0.3) is 0 Å². The summed E-state index contributed by atoms with van der Waals surface area (Å²) in [7, 11) is 0. The number of hydrogen-bond acceptors (Lipinski definition) is 3. The van der Waals surface area contributed by atoms with Gasteiger partial charge in [-0.25, -0.2) is 0 Å². The lowest BCUT2D eigenvalue weighted by molar-refractivity contribution is -0.139. The molecule has 3 aromatic carbocycles.